The van der Waals surface area contributed by atoms with Crippen molar-refractivity contribution in [1.82, 2.24) is 9.97 Å². The summed E-state index contributed by atoms with van der Waals surface area (Å²) in [4.78, 5) is 8.68. The van der Waals surface area contributed by atoms with Crippen LogP contribution in [0.5, 0.6) is 5.88 Å². The smallest absolute Gasteiger partial charge is 0.222 e. The van der Waals surface area contributed by atoms with Gasteiger partial charge in [0.05, 0.1) is 5.56 Å². The third-order valence-electron chi connectivity index (χ3n) is 3.63. The van der Waals surface area contributed by atoms with E-state index in [9.17, 15) is 0 Å². The molecule has 1 aliphatic rings. The lowest BCUT2D eigenvalue weighted by atomic mass is 9.98. The van der Waals surface area contributed by atoms with Crippen LogP contribution >= 0.6 is 0 Å². The van der Waals surface area contributed by atoms with Gasteiger partial charge >= 0.3 is 0 Å². The van der Waals surface area contributed by atoms with Crippen LogP contribution in [0.25, 0.3) is 0 Å². The van der Waals surface area contributed by atoms with E-state index in [0.717, 1.165) is 49.5 Å². The lowest BCUT2D eigenvalue weighted by Crippen LogP contribution is -2.21. The van der Waals surface area contributed by atoms with E-state index < -0.39 is 0 Å². The van der Waals surface area contributed by atoms with Crippen LogP contribution in [-0.2, 0) is 6.42 Å². The van der Waals surface area contributed by atoms with Crippen molar-refractivity contribution in [3.63, 3.8) is 0 Å². The molecule has 19 heavy (non-hydrogen) atoms. The van der Waals surface area contributed by atoms with Gasteiger partial charge in [0, 0.05) is 6.54 Å². The van der Waals surface area contributed by atoms with E-state index in [-0.39, 0.29) is 0 Å². The van der Waals surface area contributed by atoms with Crippen LogP contribution in [0.15, 0.2) is 6.33 Å². The molecule has 0 aliphatic heterocycles. The molecule has 1 aromatic heterocycles. The van der Waals surface area contributed by atoms with Crippen LogP contribution < -0.4 is 10.1 Å². The maximum absolute atomic E-state index is 6.11. The molecule has 0 bridgehead atoms. The summed E-state index contributed by atoms with van der Waals surface area (Å²) < 4.78 is 6.11. The molecule has 0 unspecified atom stereocenters. The monoisotopic (exact) mass is 263 g/mol. The predicted octanol–water partition coefficient (Wildman–Crippen LogP) is 3.57. The van der Waals surface area contributed by atoms with Gasteiger partial charge in [-0.25, -0.2) is 9.97 Å². The minimum atomic E-state index is 0.341. The second-order valence-corrected chi connectivity index (χ2v) is 5.16. The molecule has 4 nitrogen and oxygen atoms in total. The molecule has 106 valence electrons. The lowest BCUT2D eigenvalue weighted by molar-refractivity contribution is 0.147. The van der Waals surface area contributed by atoms with Crippen molar-refractivity contribution in [1.29, 1.82) is 0 Å². The summed E-state index contributed by atoms with van der Waals surface area (Å²) >= 11 is 0. The molecule has 1 fully saturated rings. The molecule has 0 saturated heterocycles. The van der Waals surface area contributed by atoms with E-state index in [2.05, 4.69) is 29.1 Å². The molecular formula is C15H25N3O. The molecule has 4 heteroatoms. The number of hydrogen-bond acceptors (Lipinski definition) is 4. The highest BCUT2D eigenvalue weighted by Crippen LogP contribution is 2.27. The molecule has 1 heterocycles. The molecule has 1 aromatic rings. The second-order valence-electron chi connectivity index (χ2n) is 5.16. The van der Waals surface area contributed by atoms with E-state index in [1.807, 2.05) is 0 Å². The molecule has 2 rings (SSSR count). The zero-order chi connectivity index (χ0) is 13.5. The van der Waals surface area contributed by atoms with Crippen LogP contribution in [0.2, 0.25) is 0 Å². The highest BCUT2D eigenvalue weighted by atomic mass is 16.5. The maximum Gasteiger partial charge on any atom is 0.222 e. The maximum atomic E-state index is 6.11. The molecule has 0 aromatic carbocycles. The number of rotatable bonds is 6. The van der Waals surface area contributed by atoms with Gasteiger partial charge in [0.15, 0.2) is 0 Å². The van der Waals surface area contributed by atoms with Crippen molar-refractivity contribution < 1.29 is 4.74 Å². The van der Waals surface area contributed by atoms with Crippen LogP contribution in [0, 0.1) is 0 Å². The number of nitrogens with zero attached hydrogens (tertiary/aromatic N) is 2. The summed E-state index contributed by atoms with van der Waals surface area (Å²) in [7, 11) is 0. The molecule has 1 N–H and O–H groups in total. The summed E-state index contributed by atoms with van der Waals surface area (Å²) in [5, 5.41) is 3.36. The Kier molecular flexibility index (Phi) is 5.43. The van der Waals surface area contributed by atoms with Gasteiger partial charge < -0.3 is 10.1 Å². The molecule has 0 amide bonds. The molecule has 1 aliphatic carbocycles. The summed E-state index contributed by atoms with van der Waals surface area (Å²) in [6.45, 7) is 5.22. The summed E-state index contributed by atoms with van der Waals surface area (Å²) in [5.41, 5.74) is 1.11. The quantitative estimate of drug-likeness (QED) is 0.852. The number of aromatic nitrogens is 2. The van der Waals surface area contributed by atoms with Crippen molar-refractivity contribution in [2.24, 2.45) is 0 Å². The van der Waals surface area contributed by atoms with Crippen molar-refractivity contribution in [2.75, 3.05) is 11.9 Å². The van der Waals surface area contributed by atoms with Crippen LogP contribution in [0.3, 0.4) is 0 Å². The number of ether oxygens (including phenoxy) is 1. The predicted molar refractivity (Wildman–Crippen MR) is 77.7 cm³/mol. The Morgan fingerprint density at radius 3 is 2.68 bits per heavy atom. The first kappa shape index (κ1) is 14.1. The minimum absolute atomic E-state index is 0.341. The second kappa shape index (κ2) is 7.31. The fraction of sp³-hybridized carbons (Fsp3) is 0.733. The Morgan fingerprint density at radius 1 is 1.21 bits per heavy atom. The first-order chi connectivity index (χ1) is 9.35. The van der Waals surface area contributed by atoms with Crippen molar-refractivity contribution in [2.45, 2.75) is 64.9 Å². The average molecular weight is 263 g/mol. The van der Waals surface area contributed by atoms with Crippen LogP contribution in [-0.4, -0.2) is 22.6 Å². The topological polar surface area (TPSA) is 47.0 Å². The van der Waals surface area contributed by atoms with Gasteiger partial charge in [0.25, 0.3) is 0 Å². The molecular weight excluding hydrogens is 238 g/mol. The Morgan fingerprint density at radius 2 is 2.00 bits per heavy atom. The zero-order valence-electron chi connectivity index (χ0n) is 12.1. The normalized spacial score (nSPS) is 16.3. The SMILES string of the molecule is CCCNc1ncnc(OC2CCCCC2)c1CC. The van der Waals surface area contributed by atoms with Gasteiger partial charge in [0.2, 0.25) is 5.88 Å². The van der Waals surface area contributed by atoms with Crippen molar-refractivity contribution >= 4 is 5.82 Å². The molecule has 0 spiro atoms. The van der Waals surface area contributed by atoms with Crippen molar-refractivity contribution in [3.8, 4) is 5.88 Å². The Hall–Kier alpha value is -1.32. The number of nitrogens with one attached hydrogen (secondary N) is 1. The Bertz CT molecular complexity index is 389. The Labute approximate surface area is 116 Å². The minimum Gasteiger partial charge on any atom is -0.474 e. The van der Waals surface area contributed by atoms with Gasteiger partial charge in [0.1, 0.15) is 18.2 Å². The van der Waals surface area contributed by atoms with Gasteiger partial charge in [-0.1, -0.05) is 20.3 Å². The molecule has 0 atom stereocenters. The largest absolute Gasteiger partial charge is 0.474 e. The molecule has 1 saturated carbocycles. The highest BCUT2D eigenvalue weighted by molar-refractivity contribution is 5.48. The molecule has 0 radical (unpaired) electrons. The van der Waals surface area contributed by atoms with Gasteiger partial charge in [-0.15, -0.1) is 0 Å². The number of hydrogen-bond donors (Lipinski definition) is 1. The highest BCUT2D eigenvalue weighted by Gasteiger charge is 2.18. The summed E-state index contributed by atoms with van der Waals surface area (Å²) in [5.74, 6) is 1.72. The van der Waals surface area contributed by atoms with Gasteiger partial charge in [-0.3, -0.25) is 0 Å². The van der Waals surface area contributed by atoms with Gasteiger partial charge in [-0.2, -0.15) is 0 Å². The average Bonchev–Trinajstić information content (AvgIpc) is 2.46. The lowest BCUT2D eigenvalue weighted by Gasteiger charge is -2.24. The fourth-order valence-electron chi connectivity index (χ4n) is 2.55. The summed E-state index contributed by atoms with van der Waals surface area (Å²) in [6, 6.07) is 0. The van der Waals surface area contributed by atoms with Crippen LogP contribution in [0.4, 0.5) is 5.82 Å². The standard InChI is InChI=1S/C15H25N3O/c1-3-10-16-14-13(4-2)15(18-11-17-14)19-12-8-6-5-7-9-12/h11-12H,3-10H2,1-2H3,(H,16,17,18). The third-order valence-corrected chi connectivity index (χ3v) is 3.63. The Balaban J connectivity index is 2.09. The van der Waals surface area contributed by atoms with Crippen LogP contribution in [0.1, 0.15) is 57.9 Å². The zero-order valence-corrected chi connectivity index (χ0v) is 12.1. The van der Waals surface area contributed by atoms with E-state index >= 15 is 0 Å². The van der Waals surface area contributed by atoms with E-state index in [4.69, 9.17) is 4.74 Å². The van der Waals surface area contributed by atoms with E-state index in [0.29, 0.717) is 6.10 Å². The first-order valence-electron chi connectivity index (χ1n) is 7.59. The van der Waals surface area contributed by atoms with Gasteiger partial charge in [-0.05, 0) is 38.5 Å². The first-order valence-corrected chi connectivity index (χ1v) is 7.59. The fourth-order valence-corrected chi connectivity index (χ4v) is 2.55. The number of anilines is 1. The third kappa shape index (κ3) is 3.82. The van der Waals surface area contributed by atoms with E-state index in [1.54, 1.807) is 6.33 Å². The summed E-state index contributed by atoms with van der Waals surface area (Å²) in [6.07, 6.45) is 10.1. The van der Waals surface area contributed by atoms with Crippen molar-refractivity contribution in [3.05, 3.63) is 11.9 Å². The van der Waals surface area contributed by atoms with E-state index in [1.165, 1.54) is 19.3 Å².